The summed E-state index contributed by atoms with van der Waals surface area (Å²) in [6.07, 6.45) is 4.93. The van der Waals surface area contributed by atoms with Crippen molar-refractivity contribution < 1.29 is 58.7 Å². The zero-order valence-electron chi connectivity index (χ0n) is 34.3. The first-order chi connectivity index (χ1) is 28.8. The van der Waals surface area contributed by atoms with Gasteiger partial charge in [-0.2, -0.15) is 30.4 Å². The number of carbonyl (C=O) groups excluding carboxylic acids is 3. The maximum absolute atomic E-state index is 13.9. The topological polar surface area (TPSA) is 121 Å². The average Bonchev–Trinajstić information content (AvgIpc) is 3.82. The van der Waals surface area contributed by atoms with Gasteiger partial charge in [0.25, 0.3) is 0 Å². The largest absolute Gasteiger partial charge is 2.00 e. The molecule has 61 heavy (non-hydrogen) atoms. The number of anilines is 2. The number of nitrogens with zero attached hydrogens (tertiary/aromatic N) is 7. The monoisotopic (exact) mass is 1060 g/mol. The summed E-state index contributed by atoms with van der Waals surface area (Å²) in [4.78, 5) is 52.4. The second-order valence-corrected chi connectivity index (χ2v) is 18.2. The van der Waals surface area contributed by atoms with Crippen molar-refractivity contribution in [1.29, 1.82) is 0 Å². The molecule has 0 bridgehead atoms. The number of halogens is 3. The van der Waals surface area contributed by atoms with Crippen LogP contribution in [0.3, 0.4) is 0 Å². The van der Waals surface area contributed by atoms with E-state index in [1.165, 1.54) is 12.8 Å². The Labute approximate surface area is 377 Å². The van der Waals surface area contributed by atoms with Crippen LogP contribution >= 0.6 is 0 Å². The zero-order chi connectivity index (χ0) is 41.5. The summed E-state index contributed by atoms with van der Waals surface area (Å²) >= 11 is 0. The number of hydrogen-bond donors (Lipinski definition) is 2. The number of piperidine rings is 2. The van der Waals surface area contributed by atoms with Crippen LogP contribution in [0.2, 0.25) is 0 Å². The Hall–Kier alpha value is -3.97. The quantitative estimate of drug-likeness (QED) is 0.184. The van der Waals surface area contributed by atoms with Crippen molar-refractivity contribution >= 4 is 40.1 Å². The number of H-pyrrole nitrogens is 1. The molecule has 5 aliphatic heterocycles. The SMILES string of the molecule is [CH2-][C@H]1CN(CC2CC3(CCN(c4ccc([C@@H]5c6ccc7[nH]ncc7c6C[C@@H](C)N5CC(F)(F)F)cn4)CC3)C2)CCN1c1[c-]c2c(cc1)C(=O)N([C@H]1CCC(=O)NC1=O)C2.[U+2]. The Kier molecular flexibility index (Phi) is 11.3. The first-order valence-electron chi connectivity index (χ1n) is 21.3. The molecule has 1 saturated carbocycles. The molecule has 16 heteroatoms. The molecule has 2 N–H and O–H groups in total. The van der Waals surface area contributed by atoms with Gasteiger partial charge in [-0.1, -0.05) is 29.4 Å². The van der Waals surface area contributed by atoms with Crippen LogP contribution in [-0.4, -0.2) is 118 Å². The fraction of sp³-hybridized carbons (Fsp3) is 0.511. The molecule has 7 heterocycles. The Morgan fingerprint density at radius 2 is 1.79 bits per heavy atom. The molecular formula is C45H50F3N9O3U. The van der Waals surface area contributed by atoms with E-state index in [1.54, 1.807) is 22.2 Å². The van der Waals surface area contributed by atoms with Crippen LogP contribution in [0.5, 0.6) is 0 Å². The molecule has 1 spiro atoms. The van der Waals surface area contributed by atoms with Crippen molar-refractivity contribution in [2.45, 2.75) is 88.8 Å². The summed E-state index contributed by atoms with van der Waals surface area (Å²) in [5.41, 5.74) is 6.19. The van der Waals surface area contributed by atoms with Gasteiger partial charge in [-0.3, -0.25) is 29.7 Å². The van der Waals surface area contributed by atoms with Crippen LogP contribution in [-0.2, 0) is 22.6 Å². The standard InChI is InChI=1S/C45H50F3N9O3.U/c1-27-17-35-34(6-7-37-36(35)22-50-52-37)41(57(27)26-45(46,47)48)30-3-9-39(49-21-30)54-13-11-44(12-14-54)19-29(20-44)24-53-15-16-55(28(2)23-53)32-4-5-33-31(18-32)25-56(43(33)60)38-8-10-40(58)51-42(38)59;/h3-7,9,21-22,27-29,38,41H,2,8,10-17,19-20,23-26H2,1H3,(H,50,52)(H,51,58,59);/q-2;+2/t27-,28+,38+,41-;/m1./s1. The van der Waals surface area contributed by atoms with Crippen molar-refractivity contribution in [1.82, 2.24) is 35.2 Å². The zero-order valence-corrected chi connectivity index (χ0v) is 38.5. The van der Waals surface area contributed by atoms with Crippen molar-refractivity contribution in [2.24, 2.45) is 11.3 Å². The number of alkyl halides is 3. The smallest absolute Gasteiger partial charge is 0.418 e. The fourth-order valence-electron chi connectivity index (χ4n) is 11.3. The maximum Gasteiger partial charge on any atom is 2.00 e. The van der Waals surface area contributed by atoms with Crippen LogP contribution in [0.4, 0.5) is 24.7 Å². The molecule has 3 amide bonds. The van der Waals surface area contributed by atoms with Gasteiger partial charge in [0, 0.05) is 63.3 Å². The molecule has 10 rings (SSSR count). The van der Waals surface area contributed by atoms with Crippen LogP contribution in [0.15, 0.2) is 48.8 Å². The van der Waals surface area contributed by atoms with Crippen molar-refractivity contribution in [3.05, 3.63) is 89.6 Å². The van der Waals surface area contributed by atoms with E-state index in [2.05, 4.69) is 43.2 Å². The summed E-state index contributed by atoms with van der Waals surface area (Å²) in [5.74, 6) is 0.616. The van der Waals surface area contributed by atoms with E-state index in [0.29, 0.717) is 36.3 Å². The molecule has 318 valence electrons. The molecule has 1 aliphatic carbocycles. The fourth-order valence-corrected chi connectivity index (χ4v) is 11.3. The van der Waals surface area contributed by atoms with Crippen LogP contribution < -0.4 is 15.1 Å². The molecule has 0 radical (unpaired) electrons. The van der Waals surface area contributed by atoms with Gasteiger partial charge in [0.2, 0.25) is 11.8 Å². The normalized spacial score (nSPS) is 26.0. The number of nitrogens with one attached hydrogen (secondary N) is 2. The average molecular weight is 1060 g/mol. The number of carbonyl (C=O) groups is 3. The van der Waals surface area contributed by atoms with Gasteiger partial charge < -0.3 is 26.5 Å². The summed E-state index contributed by atoms with van der Waals surface area (Å²) < 4.78 is 41.7. The number of benzene rings is 2. The Balaban J connectivity index is 0.00000476. The first-order valence-corrected chi connectivity index (χ1v) is 21.3. The summed E-state index contributed by atoms with van der Waals surface area (Å²) in [7, 11) is 0. The molecule has 2 aromatic heterocycles. The molecule has 0 unspecified atom stereocenters. The van der Waals surface area contributed by atoms with Crippen LogP contribution in [0.1, 0.15) is 84.1 Å². The molecule has 3 saturated heterocycles. The van der Waals surface area contributed by atoms with Crippen molar-refractivity contribution in [3.63, 3.8) is 0 Å². The molecular weight excluding hydrogens is 1010 g/mol. The second-order valence-electron chi connectivity index (χ2n) is 18.2. The minimum atomic E-state index is -4.33. The van der Waals surface area contributed by atoms with Gasteiger partial charge >= 0.3 is 37.3 Å². The Morgan fingerprint density at radius 1 is 0.984 bits per heavy atom. The van der Waals surface area contributed by atoms with E-state index in [1.807, 2.05) is 43.3 Å². The summed E-state index contributed by atoms with van der Waals surface area (Å²) in [6, 6.07) is 13.6. The number of fused-ring (bicyclic) bond motifs is 4. The summed E-state index contributed by atoms with van der Waals surface area (Å²) in [5, 5.41) is 10.5. The van der Waals surface area contributed by atoms with Gasteiger partial charge in [0.05, 0.1) is 24.3 Å². The van der Waals surface area contributed by atoms with E-state index < -0.39 is 30.7 Å². The number of aromatic amines is 1. The number of piperazine rings is 1. The predicted molar refractivity (Wildman–Crippen MR) is 219 cm³/mol. The third-order valence-corrected chi connectivity index (χ3v) is 14.3. The number of pyridine rings is 1. The van der Waals surface area contributed by atoms with Crippen LogP contribution in [0, 0.1) is 55.4 Å². The number of imide groups is 1. The molecule has 6 aliphatic rings. The van der Waals surface area contributed by atoms with E-state index in [9.17, 15) is 27.6 Å². The number of aromatic nitrogens is 3. The Bertz CT molecular complexity index is 2320. The Morgan fingerprint density at radius 3 is 2.51 bits per heavy atom. The minimum Gasteiger partial charge on any atom is -0.418 e. The second kappa shape index (κ2) is 16.3. The van der Waals surface area contributed by atoms with Gasteiger partial charge in [0.15, 0.2) is 5.91 Å². The number of rotatable bonds is 7. The first kappa shape index (κ1) is 42.3. The number of hydrogen-bond acceptors (Lipinski definition) is 9. The molecule has 4 fully saturated rings. The van der Waals surface area contributed by atoms with Crippen LogP contribution in [0.25, 0.3) is 10.9 Å². The summed E-state index contributed by atoms with van der Waals surface area (Å²) in [6.45, 7) is 11.1. The van der Waals surface area contributed by atoms with Gasteiger partial charge in [-0.15, -0.1) is 11.6 Å². The van der Waals surface area contributed by atoms with Gasteiger partial charge in [-0.05, 0) is 92.1 Å². The molecule has 2 aromatic carbocycles. The molecule has 4 aromatic rings. The maximum atomic E-state index is 13.9. The van der Waals surface area contributed by atoms with E-state index in [0.717, 1.165) is 96.8 Å². The van der Waals surface area contributed by atoms with Gasteiger partial charge in [0.1, 0.15) is 11.9 Å². The third-order valence-electron chi connectivity index (χ3n) is 14.3. The van der Waals surface area contributed by atoms with Gasteiger partial charge in [-0.25, -0.2) is 4.98 Å². The molecule has 4 atom stereocenters. The minimum absolute atomic E-state index is 0. The molecule has 12 nitrogen and oxygen atoms in total. The van der Waals surface area contributed by atoms with E-state index in [-0.39, 0.29) is 61.4 Å². The number of amides is 3. The van der Waals surface area contributed by atoms with Crippen molar-refractivity contribution in [2.75, 3.05) is 55.6 Å². The van der Waals surface area contributed by atoms with Crippen molar-refractivity contribution in [3.8, 4) is 0 Å². The predicted octanol–water partition coefficient (Wildman–Crippen LogP) is 5.44. The van der Waals surface area contributed by atoms with E-state index in [4.69, 9.17) is 4.98 Å². The van der Waals surface area contributed by atoms with E-state index >= 15 is 0 Å². The third kappa shape index (κ3) is 8.00.